The molecule has 1 N–H and O–H groups in total. The number of fused-ring (bicyclic) bond motifs is 1. The van der Waals surface area contributed by atoms with Gasteiger partial charge >= 0.3 is 5.97 Å². The molecule has 0 radical (unpaired) electrons. The second-order valence-corrected chi connectivity index (χ2v) is 12.1. The van der Waals surface area contributed by atoms with E-state index in [1.807, 2.05) is 20.8 Å². The summed E-state index contributed by atoms with van der Waals surface area (Å²) in [5.41, 5.74) is -1.66. The predicted molar refractivity (Wildman–Crippen MR) is 132 cm³/mol. The van der Waals surface area contributed by atoms with Crippen LogP contribution in [0.25, 0.3) is 0 Å². The summed E-state index contributed by atoms with van der Waals surface area (Å²) in [6, 6.07) is -1.46. The van der Waals surface area contributed by atoms with Crippen molar-refractivity contribution in [2.24, 2.45) is 17.3 Å². The highest BCUT2D eigenvalue weighted by Gasteiger charge is 2.75. The molecule has 0 aromatic rings. The van der Waals surface area contributed by atoms with Gasteiger partial charge in [-0.15, -0.1) is 6.58 Å². The maximum Gasteiger partial charge on any atom is 0.312 e. The fraction of sp³-hybridized carbons (Fsp3) is 0.815. The summed E-state index contributed by atoms with van der Waals surface area (Å²) in [5.74, 6) is -2.48. The first-order chi connectivity index (χ1) is 16.3. The Bertz CT molecular complexity index is 845. The minimum atomic E-state index is -1.10. The summed E-state index contributed by atoms with van der Waals surface area (Å²) in [7, 11) is 0. The van der Waals surface area contributed by atoms with Crippen molar-refractivity contribution in [3.8, 4) is 0 Å². The predicted octanol–water partition coefficient (Wildman–Crippen LogP) is 2.92. The molecule has 0 aromatic carbocycles. The van der Waals surface area contributed by atoms with E-state index >= 15 is 0 Å². The number of esters is 1. The molecular weight excluding hydrogens is 448 g/mol. The summed E-state index contributed by atoms with van der Waals surface area (Å²) in [6.07, 6.45) is 3.59. The van der Waals surface area contributed by atoms with Crippen LogP contribution >= 0.6 is 0 Å². The number of hydrogen-bond acceptors (Lipinski definition) is 6. The van der Waals surface area contributed by atoms with Crippen LogP contribution in [0, 0.1) is 17.3 Å². The number of amides is 2. The minimum Gasteiger partial charge on any atom is -0.466 e. The van der Waals surface area contributed by atoms with E-state index in [1.54, 1.807) is 17.9 Å². The molecule has 2 unspecified atom stereocenters. The molecule has 3 rings (SSSR count). The zero-order valence-electron chi connectivity index (χ0n) is 22.5. The number of carbonyl (C=O) groups excluding carboxylic acids is 3. The van der Waals surface area contributed by atoms with E-state index in [-0.39, 0.29) is 30.4 Å². The SMILES string of the molecule is C=CCN(C(=O)C1N([C@@H](CC)CO)C(=O)[C@@H]2[C@H](C(=O)OCC)[C@@H]3CCC12O3)C(C)(C)CC(C)(C)C. The molecule has 3 heterocycles. The van der Waals surface area contributed by atoms with E-state index < -0.39 is 47.1 Å². The topological polar surface area (TPSA) is 96.4 Å². The fourth-order valence-electron chi connectivity index (χ4n) is 6.99. The van der Waals surface area contributed by atoms with Crippen LogP contribution in [0.1, 0.15) is 74.1 Å². The van der Waals surface area contributed by atoms with Gasteiger partial charge in [-0.25, -0.2) is 0 Å². The van der Waals surface area contributed by atoms with E-state index in [4.69, 9.17) is 9.47 Å². The standard InChI is InChI=1S/C27H44N2O6/c1-9-14-28(26(7,8)16-25(4,5)6)23(32)21-27-13-12-18(35-27)19(24(33)34-11-3)20(27)22(31)29(21)17(10-2)15-30/h9,17-21,30H,1,10-16H2,2-8H3/t17-,18-,19+,20-,21?,27?/m0/s1. The van der Waals surface area contributed by atoms with Gasteiger partial charge in [0, 0.05) is 12.1 Å². The lowest BCUT2D eigenvalue weighted by molar-refractivity contribution is -0.157. The van der Waals surface area contributed by atoms with Crippen LogP contribution in [0.4, 0.5) is 0 Å². The molecule has 8 nitrogen and oxygen atoms in total. The summed E-state index contributed by atoms with van der Waals surface area (Å²) in [4.78, 5) is 44.7. The Morgan fingerprint density at radius 2 is 1.97 bits per heavy atom. The summed E-state index contributed by atoms with van der Waals surface area (Å²) in [5, 5.41) is 10.2. The van der Waals surface area contributed by atoms with Crippen molar-refractivity contribution in [3.05, 3.63) is 12.7 Å². The largest absolute Gasteiger partial charge is 0.466 e. The van der Waals surface area contributed by atoms with Crippen molar-refractivity contribution < 1.29 is 29.0 Å². The van der Waals surface area contributed by atoms with Gasteiger partial charge in [0.25, 0.3) is 0 Å². The Labute approximate surface area is 210 Å². The van der Waals surface area contributed by atoms with Crippen molar-refractivity contribution in [1.82, 2.24) is 9.80 Å². The molecule has 0 saturated carbocycles. The van der Waals surface area contributed by atoms with Crippen molar-refractivity contribution in [3.63, 3.8) is 0 Å². The number of aliphatic hydroxyl groups is 1. The number of likely N-dealkylation sites (tertiary alicyclic amines) is 1. The number of nitrogens with zero attached hydrogens (tertiary/aromatic N) is 2. The molecule has 0 aliphatic carbocycles. The Kier molecular flexibility index (Phi) is 7.78. The summed E-state index contributed by atoms with van der Waals surface area (Å²) < 4.78 is 11.8. The smallest absolute Gasteiger partial charge is 0.312 e. The maximum absolute atomic E-state index is 14.5. The molecular formula is C27H44N2O6. The van der Waals surface area contributed by atoms with Crippen molar-refractivity contribution >= 4 is 17.8 Å². The van der Waals surface area contributed by atoms with Crippen LogP contribution in [-0.4, -0.2) is 81.8 Å². The van der Waals surface area contributed by atoms with Gasteiger partial charge in [-0.1, -0.05) is 33.8 Å². The first-order valence-corrected chi connectivity index (χ1v) is 13.0. The number of hydrogen-bond donors (Lipinski definition) is 1. The highest BCUT2D eigenvalue weighted by Crippen LogP contribution is 2.59. The Morgan fingerprint density at radius 3 is 2.49 bits per heavy atom. The zero-order valence-corrected chi connectivity index (χ0v) is 22.5. The van der Waals surface area contributed by atoms with E-state index in [2.05, 4.69) is 27.4 Å². The summed E-state index contributed by atoms with van der Waals surface area (Å²) >= 11 is 0. The normalized spacial score (nSPS) is 30.9. The first-order valence-electron chi connectivity index (χ1n) is 13.0. The van der Waals surface area contributed by atoms with Gasteiger partial charge in [0.2, 0.25) is 11.8 Å². The third-order valence-corrected chi connectivity index (χ3v) is 7.88. The van der Waals surface area contributed by atoms with Crippen LogP contribution in [-0.2, 0) is 23.9 Å². The molecule has 3 aliphatic rings. The number of ether oxygens (including phenoxy) is 2. The molecule has 2 amide bonds. The highest BCUT2D eigenvalue weighted by atomic mass is 16.6. The average Bonchev–Trinajstić information content (AvgIpc) is 3.39. The Morgan fingerprint density at radius 1 is 1.31 bits per heavy atom. The second-order valence-electron chi connectivity index (χ2n) is 12.1. The van der Waals surface area contributed by atoms with Crippen LogP contribution in [0.15, 0.2) is 12.7 Å². The minimum absolute atomic E-state index is 0.0381. The number of aliphatic hydroxyl groups excluding tert-OH is 1. The number of carbonyl (C=O) groups is 3. The van der Waals surface area contributed by atoms with E-state index in [1.165, 1.54) is 4.90 Å². The first kappa shape index (κ1) is 27.7. The molecule has 1 spiro atoms. The molecule has 2 bridgehead atoms. The Hall–Kier alpha value is -1.93. The van der Waals surface area contributed by atoms with Crippen molar-refractivity contribution in [1.29, 1.82) is 0 Å². The molecule has 198 valence electrons. The van der Waals surface area contributed by atoms with Crippen molar-refractivity contribution in [2.75, 3.05) is 19.8 Å². The van der Waals surface area contributed by atoms with Crippen molar-refractivity contribution in [2.45, 2.75) is 103 Å². The van der Waals surface area contributed by atoms with Gasteiger partial charge in [-0.05, 0) is 51.9 Å². The third-order valence-electron chi connectivity index (χ3n) is 7.88. The van der Waals surface area contributed by atoms with Gasteiger partial charge < -0.3 is 24.4 Å². The molecule has 6 atom stereocenters. The second kappa shape index (κ2) is 9.85. The van der Waals surface area contributed by atoms with Crippen LogP contribution < -0.4 is 0 Å². The Balaban J connectivity index is 2.11. The van der Waals surface area contributed by atoms with Gasteiger partial charge in [-0.3, -0.25) is 14.4 Å². The quantitative estimate of drug-likeness (QED) is 0.372. The lowest BCUT2D eigenvalue weighted by atomic mass is 9.70. The maximum atomic E-state index is 14.5. The average molecular weight is 493 g/mol. The van der Waals surface area contributed by atoms with Gasteiger partial charge in [0.1, 0.15) is 11.6 Å². The van der Waals surface area contributed by atoms with Crippen LogP contribution in [0.2, 0.25) is 0 Å². The molecule has 3 fully saturated rings. The molecule has 3 saturated heterocycles. The molecule has 0 aromatic heterocycles. The third kappa shape index (κ3) is 4.64. The van der Waals surface area contributed by atoms with Crippen LogP contribution in [0.5, 0.6) is 0 Å². The number of rotatable bonds is 10. The van der Waals surface area contributed by atoms with Gasteiger partial charge in [0.05, 0.1) is 37.2 Å². The summed E-state index contributed by atoms with van der Waals surface area (Å²) in [6.45, 7) is 18.2. The van der Waals surface area contributed by atoms with Crippen LogP contribution in [0.3, 0.4) is 0 Å². The van der Waals surface area contributed by atoms with E-state index in [0.29, 0.717) is 25.8 Å². The lowest BCUT2D eigenvalue weighted by Crippen LogP contribution is -2.62. The van der Waals surface area contributed by atoms with Gasteiger partial charge in [-0.2, -0.15) is 0 Å². The zero-order chi connectivity index (χ0) is 26.3. The lowest BCUT2D eigenvalue weighted by Gasteiger charge is -2.46. The highest BCUT2D eigenvalue weighted by molar-refractivity contribution is 5.98. The molecule has 3 aliphatic heterocycles. The molecule has 35 heavy (non-hydrogen) atoms. The fourth-order valence-corrected chi connectivity index (χ4v) is 6.99. The van der Waals surface area contributed by atoms with Gasteiger partial charge in [0.15, 0.2) is 0 Å². The molecule has 8 heteroatoms. The monoisotopic (exact) mass is 492 g/mol. The van der Waals surface area contributed by atoms with E-state index in [9.17, 15) is 19.5 Å². The van der Waals surface area contributed by atoms with E-state index in [0.717, 1.165) is 6.42 Å².